The van der Waals surface area contributed by atoms with Gasteiger partial charge in [0.05, 0.1) is 12.6 Å². The lowest BCUT2D eigenvalue weighted by Crippen LogP contribution is -2.26. The first-order chi connectivity index (χ1) is 10.6. The summed E-state index contributed by atoms with van der Waals surface area (Å²) in [5, 5.41) is 13.5. The SMILES string of the molecule is CN1C=CC(NCCCCCO[N+](=O)[O-])c2ccc(Cl)cc21.I. The zero-order valence-electron chi connectivity index (χ0n) is 12.9. The van der Waals surface area contributed by atoms with Gasteiger partial charge in [0.2, 0.25) is 0 Å². The van der Waals surface area contributed by atoms with Gasteiger partial charge in [-0.1, -0.05) is 24.1 Å². The lowest BCUT2D eigenvalue weighted by Gasteiger charge is -2.28. The Balaban J connectivity index is 0.00000264. The number of nitrogens with one attached hydrogen (secondary N) is 1. The molecule has 1 unspecified atom stereocenters. The maximum Gasteiger partial charge on any atom is 0.294 e. The van der Waals surface area contributed by atoms with Crippen LogP contribution in [0.15, 0.2) is 30.5 Å². The highest BCUT2D eigenvalue weighted by Crippen LogP contribution is 2.33. The molecule has 0 saturated carbocycles. The minimum atomic E-state index is -0.746. The average molecular weight is 454 g/mol. The largest absolute Gasteiger partial charge is 0.351 e. The highest BCUT2D eigenvalue weighted by atomic mass is 127. The van der Waals surface area contributed by atoms with Crippen LogP contribution < -0.4 is 10.2 Å². The first-order valence-electron chi connectivity index (χ1n) is 7.29. The topological polar surface area (TPSA) is 67.6 Å². The summed E-state index contributed by atoms with van der Waals surface area (Å²) in [5.74, 6) is 0. The Morgan fingerprint density at radius 3 is 2.91 bits per heavy atom. The second kappa shape index (κ2) is 9.94. The van der Waals surface area contributed by atoms with Crippen LogP contribution in [0, 0.1) is 10.1 Å². The molecule has 0 radical (unpaired) electrons. The summed E-state index contributed by atoms with van der Waals surface area (Å²) < 4.78 is 0. The van der Waals surface area contributed by atoms with Crippen molar-refractivity contribution in [2.24, 2.45) is 0 Å². The van der Waals surface area contributed by atoms with Gasteiger partial charge in [-0.05, 0) is 43.2 Å². The predicted molar refractivity (Wildman–Crippen MR) is 102 cm³/mol. The zero-order valence-corrected chi connectivity index (χ0v) is 16.0. The maximum absolute atomic E-state index is 10.0. The van der Waals surface area contributed by atoms with E-state index in [1.165, 1.54) is 5.56 Å². The van der Waals surface area contributed by atoms with E-state index < -0.39 is 5.09 Å². The van der Waals surface area contributed by atoms with Gasteiger partial charge in [-0.2, -0.15) is 0 Å². The molecule has 2 rings (SSSR count). The lowest BCUT2D eigenvalue weighted by molar-refractivity contribution is -0.757. The second-order valence-corrected chi connectivity index (χ2v) is 5.64. The van der Waals surface area contributed by atoms with Crippen LogP contribution in [0.4, 0.5) is 5.69 Å². The van der Waals surface area contributed by atoms with Gasteiger partial charge in [-0.25, -0.2) is 0 Å². The summed E-state index contributed by atoms with van der Waals surface area (Å²) in [6, 6.07) is 6.07. The van der Waals surface area contributed by atoms with Crippen molar-refractivity contribution < 1.29 is 9.92 Å². The van der Waals surface area contributed by atoms with Gasteiger partial charge in [0, 0.05) is 24.0 Å². The number of rotatable bonds is 8. The van der Waals surface area contributed by atoms with Crippen LogP contribution in [0.2, 0.25) is 5.02 Å². The van der Waals surface area contributed by atoms with Crippen molar-refractivity contribution in [3.05, 3.63) is 51.2 Å². The molecule has 1 aromatic rings. The zero-order chi connectivity index (χ0) is 15.9. The fraction of sp³-hybridized carbons (Fsp3) is 0.467. The van der Waals surface area contributed by atoms with Crippen LogP contribution in [-0.4, -0.2) is 25.3 Å². The molecule has 0 aromatic heterocycles. The Morgan fingerprint density at radius 1 is 1.39 bits per heavy atom. The predicted octanol–water partition coefficient (Wildman–Crippen LogP) is 3.93. The van der Waals surface area contributed by atoms with E-state index in [1.807, 2.05) is 36.3 Å². The molecule has 0 saturated heterocycles. The van der Waals surface area contributed by atoms with Crippen molar-refractivity contribution in [1.29, 1.82) is 0 Å². The number of halogens is 2. The van der Waals surface area contributed by atoms with Gasteiger partial charge in [0.1, 0.15) is 0 Å². The summed E-state index contributed by atoms with van der Waals surface area (Å²) in [7, 11) is 2.00. The van der Waals surface area contributed by atoms with Crippen molar-refractivity contribution >= 4 is 41.3 Å². The van der Waals surface area contributed by atoms with Crippen LogP contribution in [0.25, 0.3) is 0 Å². The first kappa shape index (κ1) is 20.0. The third kappa shape index (κ3) is 6.15. The Kier molecular flexibility index (Phi) is 8.64. The van der Waals surface area contributed by atoms with E-state index in [4.69, 9.17) is 11.6 Å². The van der Waals surface area contributed by atoms with Crippen molar-refractivity contribution in [2.75, 3.05) is 25.1 Å². The van der Waals surface area contributed by atoms with E-state index in [0.29, 0.717) is 6.42 Å². The molecule has 1 aromatic carbocycles. The van der Waals surface area contributed by atoms with Gasteiger partial charge in [0.15, 0.2) is 0 Å². The minimum Gasteiger partial charge on any atom is -0.351 e. The normalized spacial score (nSPS) is 15.7. The highest BCUT2D eigenvalue weighted by Gasteiger charge is 2.18. The molecule has 1 aliphatic rings. The van der Waals surface area contributed by atoms with Crippen molar-refractivity contribution in [3.8, 4) is 0 Å². The van der Waals surface area contributed by atoms with Gasteiger partial charge in [-0.3, -0.25) is 0 Å². The number of unbranched alkanes of at least 4 members (excludes halogenated alkanes) is 2. The van der Waals surface area contributed by atoms with E-state index >= 15 is 0 Å². The van der Waals surface area contributed by atoms with Gasteiger partial charge in [0.25, 0.3) is 5.09 Å². The Morgan fingerprint density at radius 2 is 2.17 bits per heavy atom. The monoisotopic (exact) mass is 453 g/mol. The molecule has 0 fully saturated rings. The van der Waals surface area contributed by atoms with Crippen molar-refractivity contribution in [1.82, 2.24) is 5.32 Å². The highest BCUT2D eigenvalue weighted by molar-refractivity contribution is 14.0. The standard InChI is InChI=1S/C15H20ClN3O3.HI/c1-18-9-7-14(13-6-5-12(16)11-15(13)18)17-8-3-2-4-10-22-19(20)21;/h5-7,9,11,14,17H,2-4,8,10H2,1H3;1H. The van der Waals surface area contributed by atoms with Crippen molar-refractivity contribution in [3.63, 3.8) is 0 Å². The van der Waals surface area contributed by atoms with Crippen LogP contribution in [0.3, 0.4) is 0 Å². The van der Waals surface area contributed by atoms with Gasteiger partial charge in [-0.15, -0.1) is 34.1 Å². The number of nitrogens with zero attached hydrogens (tertiary/aromatic N) is 2. The second-order valence-electron chi connectivity index (χ2n) is 5.20. The number of hydrogen-bond acceptors (Lipinski definition) is 5. The molecule has 1 heterocycles. The smallest absolute Gasteiger partial charge is 0.294 e. The maximum atomic E-state index is 10.0. The number of benzene rings is 1. The molecule has 0 aliphatic carbocycles. The van der Waals surface area contributed by atoms with E-state index in [1.54, 1.807) is 0 Å². The molecule has 1 atom stereocenters. The van der Waals surface area contributed by atoms with E-state index in [0.717, 1.165) is 30.1 Å². The van der Waals surface area contributed by atoms with Crippen LogP contribution >= 0.6 is 35.6 Å². The van der Waals surface area contributed by atoms with Gasteiger partial charge >= 0.3 is 0 Å². The average Bonchev–Trinajstić information content (AvgIpc) is 2.48. The minimum absolute atomic E-state index is 0. The van der Waals surface area contributed by atoms with Crippen molar-refractivity contribution in [2.45, 2.75) is 25.3 Å². The molecule has 1 N–H and O–H groups in total. The number of fused-ring (bicyclic) bond motifs is 1. The molecule has 0 bridgehead atoms. The Hall–Kier alpha value is -1.06. The molecule has 0 amide bonds. The van der Waals surface area contributed by atoms with Crippen LogP contribution in [0.1, 0.15) is 30.9 Å². The Labute approximate surface area is 157 Å². The number of anilines is 1. The molecular formula is C15H21ClIN3O3. The van der Waals surface area contributed by atoms with Gasteiger partial charge < -0.3 is 15.1 Å². The molecule has 0 spiro atoms. The van der Waals surface area contributed by atoms with Crippen LogP contribution in [0.5, 0.6) is 0 Å². The molecule has 23 heavy (non-hydrogen) atoms. The summed E-state index contributed by atoms with van der Waals surface area (Å²) in [4.78, 5) is 16.3. The summed E-state index contributed by atoms with van der Waals surface area (Å²) >= 11 is 6.06. The molecule has 8 heteroatoms. The third-order valence-corrected chi connectivity index (χ3v) is 3.83. The molecule has 1 aliphatic heterocycles. The summed E-state index contributed by atoms with van der Waals surface area (Å²) in [5.41, 5.74) is 2.30. The third-order valence-electron chi connectivity index (χ3n) is 3.59. The number of hydrogen-bond donors (Lipinski definition) is 1. The molecule has 128 valence electrons. The van der Waals surface area contributed by atoms with Crippen LogP contribution in [-0.2, 0) is 4.84 Å². The van der Waals surface area contributed by atoms with E-state index in [9.17, 15) is 10.1 Å². The van der Waals surface area contributed by atoms with E-state index in [2.05, 4.69) is 16.2 Å². The molecular weight excluding hydrogens is 433 g/mol. The fourth-order valence-corrected chi connectivity index (χ4v) is 2.63. The quantitative estimate of drug-likeness (QED) is 0.280. The fourth-order valence-electron chi connectivity index (χ4n) is 2.46. The van der Waals surface area contributed by atoms with E-state index in [-0.39, 0.29) is 36.6 Å². The molecule has 6 nitrogen and oxygen atoms in total. The summed E-state index contributed by atoms with van der Waals surface area (Å²) in [6.07, 6.45) is 6.68. The Bertz CT molecular complexity index is 557. The summed E-state index contributed by atoms with van der Waals surface area (Å²) in [6.45, 7) is 1.02. The lowest BCUT2D eigenvalue weighted by atomic mass is 10.0. The first-order valence-corrected chi connectivity index (χ1v) is 7.67.